The molecule has 0 aromatic heterocycles. The van der Waals surface area contributed by atoms with E-state index in [1.165, 1.54) is 32.7 Å². The minimum atomic E-state index is 1.11. The highest BCUT2D eigenvalue weighted by molar-refractivity contribution is 9.11. The van der Waals surface area contributed by atoms with E-state index in [0.717, 1.165) is 8.95 Å². The van der Waals surface area contributed by atoms with Gasteiger partial charge in [-0.15, -0.1) is 0 Å². The van der Waals surface area contributed by atoms with Gasteiger partial charge in [0.1, 0.15) is 0 Å². The Hall–Kier alpha value is -1.64. The van der Waals surface area contributed by atoms with Crippen molar-refractivity contribution in [1.82, 2.24) is 0 Å². The lowest BCUT2D eigenvalue weighted by Gasteiger charge is -2.09. The number of hydrogen-bond donors (Lipinski definition) is 0. The molecule has 22 heavy (non-hydrogen) atoms. The van der Waals surface area contributed by atoms with Crippen molar-refractivity contribution in [3.8, 4) is 11.1 Å². The first kappa shape index (κ1) is 14.0. The average molecular weight is 412 g/mol. The quantitative estimate of drug-likeness (QED) is 0.311. The molecule has 0 aliphatic carbocycles. The van der Waals surface area contributed by atoms with E-state index in [2.05, 4.69) is 105 Å². The lowest BCUT2D eigenvalue weighted by molar-refractivity contribution is 1.65. The van der Waals surface area contributed by atoms with E-state index in [0.29, 0.717) is 0 Å². The van der Waals surface area contributed by atoms with Crippen LogP contribution in [0.25, 0.3) is 32.7 Å². The molecular weight excluding hydrogens is 400 g/mol. The number of rotatable bonds is 1. The monoisotopic (exact) mass is 410 g/mol. The number of halogens is 2. The van der Waals surface area contributed by atoms with Gasteiger partial charge in [0.25, 0.3) is 0 Å². The van der Waals surface area contributed by atoms with Crippen molar-refractivity contribution in [1.29, 1.82) is 0 Å². The molecule has 0 heterocycles. The Morgan fingerprint density at radius 3 is 2.23 bits per heavy atom. The third-order valence-electron chi connectivity index (χ3n) is 3.98. The van der Waals surface area contributed by atoms with Crippen LogP contribution in [-0.2, 0) is 0 Å². The van der Waals surface area contributed by atoms with E-state index in [1.54, 1.807) is 0 Å². The number of fused-ring (bicyclic) bond motifs is 2. The molecule has 4 aromatic rings. The second-order valence-corrected chi connectivity index (χ2v) is 7.12. The van der Waals surface area contributed by atoms with Crippen molar-refractivity contribution in [3.63, 3.8) is 0 Å². The summed E-state index contributed by atoms with van der Waals surface area (Å²) in [5.41, 5.74) is 2.52. The van der Waals surface area contributed by atoms with Crippen LogP contribution >= 0.6 is 31.9 Å². The van der Waals surface area contributed by atoms with Gasteiger partial charge >= 0.3 is 0 Å². The first-order valence-corrected chi connectivity index (χ1v) is 8.68. The molecule has 106 valence electrons. The van der Waals surface area contributed by atoms with Crippen LogP contribution < -0.4 is 0 Å². The first-order valence-electron chi connectivity index (χ1n) is 7.09. The molecule has 0 spiro atoms. The molecule has 0 saturated carbocycles. The van der Waals surface area contributed by atoms with Crippen molar-refractivity contribution in [2.45, 2.75) is 0 Å². The van der Waals surface area contributed by atoms with Crippen LogP contribution in [0, 0.1) is 0 Å². The van der Waals surface area contributed by atoms with Crippen molar-refractivity contribution >= 4 is 53.4 Å². The summed E-state index contributed by atoms with van der Waals surface area (Å²) in [5.74, 6) is 0. The largest absolute Gasteiger partial charge is 0.0610 e. The maximum atomic E-state index is 3.65. The first-order chi connectivity index (χ1) is 10.7. The third kappa shape index (κ3) is 2.37. The fourth-order valence-corrected chi connectivity index (χ4v) is 3.78. The van der Waals surface area contributed by atoms with E-state index in [9.17, 15) is 0 Å². The summed E-state index contributed by atoms with van der Waals surface area (Å²) in [4.78, 5) is 0. The molecule has 0 fully saturated rings. The topological polar surface area (TPSA) is 0 Å². The van der Waals surface area contributed by atoms with Crippen LogP contribution in [-0.4, -0.2) is 0 Å². The molecule has 4 rings (SSSR count). The van der Waals surface area contributed by atoms with E-state index in [1.807, 2.05) is 0 Å². The molecule has 4 aromatic carbocycles. The Kier molecular flexibility index (Phi) is 3.51. The van der Waals surface area contributed by atoms with Gasteiger partial charge in [0.2, 0.25) is 0 Å². The molecule has 0 radical (unpaired) electrons. The summed E-state index contributed by atoms with van der Waals surface area (Å²) < 4.78 is 2.25. The maximum absolute atomic E-state index is 3.65. The Balaban J connectivity index is 1.99. The van der Waals surface area contributed by atoms with Gasteiger partial charge in [0.05, 0.1) is 0 Å². The van der Waals surface area contributed by atoms with E-state index in [4.69, 9.17) is 0 Å². The van der Waals surface area contributed by atoms with Crippen molar-refractivity contribution in [2.24, 2.45) is 0 Å². The Labute approximate surface area is 146 Å². The molecule has 2 heteroatoms. The van der Waals surface area contributed by atoms with E-state index in [-0.39, 0.29) is 0 Å². The molecule has 0 aliphatic heterocycles. The van der Waals surface area contributed by atoms with Gasteiger partial charge in [0.15, 0.2) is 0 Å². The Morgan fingerprint density at radius 1 is 0.591 bits per heavy atom. The highest BCUT2D eigenvalue weighted by Gasteiger charge is 2.06. The summed E-state index contributed by atoms with van der Waals surface area (Å²) in [6.07, 6.45) is 0. The van der Waals surface area contributed by atoms with Crippen molar-refractivity contribution in [3.05, 3.63) is 81.7 Å². The summed E-state index contributed by atoms with van der Waals surface area (Å²) in [7, 11) is 0. The lowest BCUT2D eigenvalue weighted by Crippen LogP contribution is -1.83. The second kappa shape index (κ2) is 5.53. The standard InChI is InChI=1S/C20H12Br2/c21-16-10-9-13-11-15(8-7-14(13)12-16)17-3-1-5-19-18(17)4-2-6-20(19)22/h1-12H. The maximum Gasteiger partial charge on any atom is 0.0253 e. The Morgan fingerprint density at radius 2 is 1.32 bits per heavy atom. The van der Waals surface area contributed by atoms with Crippen molar-refractivity contribution in [2.75, 3.05) is 0 Å². The predicted molar refractivity (Wildman–Crippen MR) is 102 cm³/mol. The summed E-state index contributed by atoms with van der Waals surface area (Å²) in [5, 5.41) is 5.02. The van der Waals surface area contributed by atoms with Crippen LogP contribution in [0.15, 0.2) is 81.7 Å². The van der Waals surface area contributed by atoms with Gasteiger partial charge in [0, 0.05) is 8.95 Å². The van der Waals surface area contributed by atoms with Gasteiger partial charge in [-0.1, -0.05) is 80.4 Å². The van der Waals surface area contributed by atoms with Gasteiger partial charge in [-0.05, 0) is 56.9 Å². The SMILES string of the molecule is Brc1ccc2cc(-c3cccc4c(Br)cccc34)ccc2c1. The highest BCUT2D eigenvalue weighted by Crippen LogP contribution is 2.34. The van der Waals surface area contributed by atoms with Crippen molar-refractivity contribution < 1.29 is 0 Å². The van der Waals surface area contributed by atoms with Crippen LogP contribution in [0.2, 0.25) is 0 Å². The predicted octanol–water partition coefficient (Wildman–Crippen LogP) is 7.19. The minimum Gasteiger partial charge on any atom is -0.0610 e. The lowest BCUT2D eigenvalue weighted by atomic mass is 9.96. The zero-order chi connectivity index (χ0) is 15.1. The third-order valence-corrected chi connectivity index (χ3v) is 5.17. The molecule has 0 unspecified atom stereocenters. The smallest absolute Gasteiger partial charge is 0.0253 e. The van der Waals surface area contributed by atoms with E-state index >= 15 is 0 Å². The molecule has 0 bridgehead atoms. The molecule has 0 amide bonds. The second-order valence-electron chi connectivity index (χ2n) is 5.35. The summed E-state index contributed by atoms with van der Waals surface area (Å²) in [6, 6.07) is 25.9. The summed E-state index contributed by atoms with van der Waals surface area (Å²) in [6.45, 7) is 0. The molecule has 0 N–H and O–H groups in total. The molecular formula is C20H12Br2. The Bertz CT molecular complexity index is 1000. The van der Waals surface area contributed by atoms with Gasteiger partial charge in [-0.3, -0.25) is 0 Å². The zero-order valence-electron chi connectivity index (χ0n) is 11.7. The molecule has 0 atom stereocenters. The van der Waals surface area contributed by atoms with Crippen LogP contribution in [0.3, 0.4) is 0 Å². The fourth-order valence-electron chi connectivity index (χ4n) is 2.91. The highest BCUT2D eigenvalue weighted by atomic mass is 79.9. The fraction of sp³-hybridized carbons (Fsp3) is 0. The normalized spacial score (nSPS) is 11.2. The molecule has 0 saturated heterocycles. The van der Waals surface area contributed by atoms with E-state index < -0.39 is 0 Å². The number of benzene rings is 4. The van der Waals surface area contributed by atoms with Gasteiger partial charge < -0.3 is 0 Å². The average Bonchev–Trinajstić information content (AvgIpc) is 2.54. The zero-order valence-corrected chi connectivity index (χ0v) is 14.9. The van der Waals surface area contributed by atoms with Gasteiger partial charge in [-0.25, -0.2) is 0 Å². The van der Waals surface area contributed by atoms with Gasteiger partial charge in [-0.2, -0.15) is 0 Å². The number of hydrogen-bond acceptors (Lipinski definition) is 0. The summed E-state index contributed by atoms with van der Waals surface area (Å²) >= 11 is 7.18. The minimum absolute atomic E-state index is 1.11. The molecule has 0 aliphatic rings. The van der Waals surface area contributed by atoms with Crippen LogP contribution in [0.1, 0.15) is 0 Å². The van der Waals surface area contributed by atoms with Crippen LogP contribution in [0.4, 0.5) is 0 Å². The van der Waals surface area contributed by atoms with Crippen LogP contribution in [0.5, 0.6) is 0 Å². The molecule has 0 nitrogen and oxygen atoms in total.